The predicted octanol–water partition coefficient (Wildman–Crippen LogP) is 9.52. The minimum absolute atomic E-state index is 0.0800. The van der Waals surface area contributed by atoms with Crippen molar-refractivity contribution in [3.05, 3.63) is 69.7 Å². The molecule has 2 saturated carbocycles. The monoisotopic (exact) mass is 826 g/mol. The maximum absolute atomic E-state index is 13.1. The Hall–Kier alpha value is -3.83. The van der Waals surface area contributed by atoms with Gasteiger partial charge in [-0.1, -0.05) is 47.5 Å². The molecule has 3 saturated heterocycles. The lowest BCUT2D eigenvalue weighted by Crippen LogP contribution is -2.67. The van der Waals surface area contributed by atoms with E-state index in [1.54, 1.807) is 16.7 Å². The first kappa shape index (κ1) is 44.3. The number of amides is 3. The van der Waals surface area contributed by atoms with Crippen molar-refractivity contribution in [3.8, 4) is 0 Å². The Bertz CT molecular complexity index is 1710. The van der Waals surface area contributed by atoms with Crippen LogP contribution >= 0.6 is 23.2 Å². The number of esters is 1. The summed E-state index contributed by atoms with van der Waals surface area (Å²) in [6, 6.07) is 16.7. The standard InChI is InChI=1S/C21H27ClN2O3.C13H23NO4.C10H10ClN/c1-20(2,3)27-19(26)23-12-10-21(11-13-23)17(14-4-6-15(22)7-5-14)24(18(21)25)16-8-9-16;1-5-17-11(15)10-6-8-14(9-7-10)12(16)18-13(2,3)4;11-9-3-1-8(2-4-9)7-12-10-5-6-10/h4-7,16-17H,8-13H2,1-3H3;10H,5-9H2,1-4H3;1-4,7,10H,5-6H2. The molecule has 0 aromatic heterocycles. The first-order chi connectivity index (χ1) is 26.9. The minimum Gasteiger partial charge on any atom is -0.466 e. The van der Waals surface area contributed by atoms with Gasteiger partial charge in [0.2, 0.25) is 5.91 Å². The summed E-state index contributed by atoms with van der Waals surface area (Å²) in [5.41, 5.74) is 0.903. The summed E-state index contributed by atoms with van der Waals surface area (Å²) in [5, 5.41) is 1.48. The molecule has 2 aromatic carbocycles. The number of halogens is 2. The number of carbonyl (C=O) groups is 4. The molecule has 0 N–H and O–H groups in total. The van der Waals surface area contributed by atoms with Gasteiger partial charge in [0.25, 0.3) is 0 Å². The largest absolute Gasteiger partial charge is 0.466 e. The lowest BCUT2D eigenvalue weighted by Gasteiger charge is -2.59. The number of ether oxygens (including phenoxy) is 3. The van der Waals surface area contributed by atoms with Crippen LogP contribution in [0.15, 0.2) is 53.5 Å². The Labute approximate surface area is 348 Å². The molecule has 0 bridgehead atoms. The molecular weight excluding hydrogens is 767 g/mol. The summed E-state index contributed by atoms with van der Waals surface area (Å²) in [6.45, 7) is 15.6. The molecule has 3 amide bonds. The molecule has 1 spiro atoms. The highest BCUT2D eigenvalue weighted by molar-refractivity contribution is 6.30. The smallest absolute Gasteiger partial charge is 0.410 e. The van der Waals surface area contributed by atoms with Crippen LogP contribution in [0.25, 0.3) is 0 Å². The Morgan fingerprint density at radius 1 is 0.754 bits per heavy atom. The molecule has 11 nitrogen and oxygen atoms in total. The SMILES string of the molecule is CC(C)(C)OC(=O)N1CCC2(CC1)C(=O)N(C1CC1)C2c1ccc(Cl)cc1.CCOC(=O)C1CCN(C(=O)OC(C)(C)C)CC1.Clc1ccc(C=NC2CC2)cc1. The van der Waals surface area contributed by atoms with E-state index in [-0.39, 0.29) is 36.0 Å². The molecule has 13 heteroatoms. The van der Waals surface area contributed by atoms with E-state index in [0.29, 0.717) is 75.6 Å². The fraction of sp³-hybridized carbons (Fsp3) is 0.614. The third-order valence-electron chi connectivity index (χ3n) is 10.5. The van der Waals surface area contributed by atoms with Crippen molar-refractivity contribution >= 4 is 53.5 Å². The molecule has 5 aliphatic rings. The lowest BCUT2D eigenvalue weighted by molar-refractivity contribution is -0.181. The van der Waals surface area contributed by atoms with Crippen molar-refractivity contribution in [2.45, 2.75) is 129 Å². The molecule has 1 unspecified atom stereocenters. The van der Waals surface area contributed by atoms with Crippen molar-refractivity contribution in [2.24, 2.45) is 16.3 Å². The fourth-order valence-electron chi connectivity index (χ4n) is 7.30. The van der Waals surface area contributed by atoms with Gasteiger partial charge in [-0.3, -0.25) is 14.6 Å². The van der Waals surface area contributed by atoms with Crippen molar-refractivity contribution in [1.29, 1.82) is 0 Å². The summed E-state index contributed by atoms with van der Waals surface area (Å²) in [5.74, 6) is 0.0266. The zero-order valence-corrected chi connectivity index (χ0v) is 36.1. The summed E-state index contributed by atoms with van der Waals surface area (Å²) in [4.78, 5) is 58.7. The maximum Gasteiger partial charge on any atom is 0.410 e. The van der Waals surface area contributed by atoms with E-state index in [0.717, 1.165) is 29.0 Å². The zero-order valence-electron chi connectivity index (χ0n) is 34.6. The second-order valence-corrected chi connectivity index (χ2v) is 18.4. The minimum atomic E-state index is -0.507. The van der Waals surface area contributed by atoms with E-state index in [1.165, 1.54) is 12.8 Å². The quantitative estimate of drug-likeness (QED) is 0.123. The van der Waals surface area contributed by atoms with Crippen molar-refractivity contribution < 1.29 is 33.4 Å². The van der Waals surface area contributed by atoms with Gasteiger partial charge in [0, 0.05) is 48.5 Å². The Balaban J connectivity index is 0.000000178. The number of hydrogen-bond donors (Lipinski definition) is 0. The van der Waals surface area contributed by atoms with Crippen molar-refractivity contribution in [2.75, 3.05) is 32.8 Å². The van der Waals surface area contributed by atoms with Crippen LogP contribution in [-0.2, 0) is 23.8 Å². The number of piperidine rings is 2. The van der Waals surface area contributed by atoms with E-state index in [1.807, 2.05) is 96.3 Å². The number of likely N-dealkylation sites (tertiary alicyclic amines) is 3. The molecule has 3 aliphatic heterocycles. The van der Waals surface area contributed by atoms with E-state index >= 15 is 0 Å². The van der Waals surface area contributed by atoms with Crippen LogP contribution in [0.3, 0.4) is 0 Å². The Kier molecular flexibility index (Phi) is 14.6. The average Bonchev–Trinajstić information content (AvgIpc) is 4.10. The first-order valence-electron chi connectivity index (χ1n) is 20.4. The van der Waals surface area contributed by atoms with Crippen LogP contribution in [0.4, 0.5) is 9.59 Å². The van der Waals surface area contributed by atoms with Crippen LogP contribution in [0.1, 0.15) is 117 Å². The number of rotatable bonds is 6. The Morgan fingerprint density at radius 2 is 1.25 bits per heavy atom. The van der Waals surface area contributed by atoms with Crippen LogP contribution < -0.4 is 0 Å². The number of nitrogens with zero attached hydrogens (tertiary/aromatic N) is 4. The number of carbonyl (C=O) groups excluding carboxylic acids is 4. The molecule has 5 fully saturated rings. The number of β-lactam (4-membered cyclic amide) rings is 1. The molecule has 1 atom stereocenters. The van der Waals surface area contributed by atoms with Gasteiger partial charge in [-0.05, 0) is 135 Å². The first-order valence-corrected chi connectivity index (χ1v) is 21.1. The fourth-order valence-corrected chi connectivity index (χ4v) is 7.55. The third kappa shape index (κ3) is 12.6. The van der Waals surface area contributed by atoms with Crippen LogP contribution in [0, 0.1) is 11.3 Å². The average molecular weight is 828 g/mol. The number of benzene rings is 2. The highest BCUT2D eigenvalue weighted by Gasteiger charge is 2.64. The maximum atomic E-state index is 13.1. The van der Waals surface area contributed by atoms with Gasteiger partial charge in [0.05, 0.1) is 30.0 Å². The van der Waals surface area contributed by atoms with Gasteiger partial charge in [-0.2, -0.15) is 0 Å². The number of aliphatic imine (C=N–C) groups is 1. The Morgan fingerprint density at radius 3 is 1.70 bits per heavy atom. The molecule has 3 heterocycles. The molecule has 7 rings (SSSR count). The van der Waals surface area contributed by atoms with Gasteiger partial charge >= 0.3 is 18.2 Å². The third-order valence-corrected chi connectivity index (χ3v) is 11.0. The van der Waals surface area contributed by atoms with E-state index in [4.69, 9.17) is 37.4 Å². The van der Waals surface area contributed by atoms with Gasteiger partial charge in [0.15, 0.2) is 0 Å². The topological polar surface area (TPSA) is 118 Å². The second-order valence-electron chi connectivity index (χ2n) is 17.6. The summed E-state index contributed by atoms with van der Waals surface area (Å²) < 4.78 is 15.8. The van der Waals surface area contributed by atoms with Crippen LogP contribution in [-0.4, -0.2) is 101 Å². The van der Waals surface area contributed by atoms with Gasteiger partial charge in [0.1, 0.15) is 11.2 Å². The zero-order chi connectivity index (χ0) is 41.5. The highest BCUT2D eigenvalue weighted by atomic mass is 35.5. The van der Waals surface area contributed by atoms with Crippen LogP contribution in [0.5, 0.6) is 0 Å². The highest BCUT2D eigenvalue weighted by Crippen LogP contribution is 2.59. The van der Waals surface area contributed by atoms with E-state index < -0.39 is 16.6 Å². The summed E-state index contributed by atoms with van der Waals surface area (Å²) in [6.07, 6.45) is 8.70. The van der Waals surface area contributed by atoms with Gasteiger partial charge in [-0.15, -0.1) is 0 Å². The molecule has 0 radical (unpaired) electrons. The molecule has 312 valence electrons. The summed E-state index contributed by atoms with van der Waals surface area (Å²) >= 11 is 11.8. The summed E-state index contributed by atoms with van der Waals surface area (Å²) in [7, 11) is 0. The van der Waals surface area contributed by atoms with Gasteiger partial charge in [-0.25, -0.2) is 9.59 Å². The van der Waals surface area contributed by atoms with Crippen molar-refractivity contribution in [3.63, 3.8) is 0 Å². The molecule has 2 aromatic rings. The lowest BCUT2D eigenvalue weighted by atomic mass is 9.62. The van der Waals surface area contributed by atoms with Gasteiger partial charge < -0.3 is 28.9 Å². The van der Waals surface area contributed by atoms with E-state index in [2.05, 4.69) is 9.89 Å². The predicted molar refractivity (Wildman–Crippen MR) is 223 cm³/mol. The van der Waals surface area contributed by atoms with E-state index in [9.17, 15) is 19.2 Å². The van der Waals surface area contributed by atoms with Crippen LogP contribution in [0.2, 0.25) is 10.0 Å². The second kappa shape index (κ2) is 18.8. The molecule has 57 heavy (non-hydrogen) atoms. The molecular formula is C44H60Cl2N4O7. The normalized spacial score (nSPS) is 20.8. The van der Waals surface area contributed by atoms with Crippen molar-refractivity contribution in [1.82, 2.24) is 14.7 Å². The number of hydrogen-bond acceptors (Lipinski definition) is 8. The molecule has 2 aliphatic carbocycles.